The van der Waals surface area contributed by atoms with Crippen LogP contribution in [0.25, 0.3) is 11.1 Å². The molecule has 0 fully saturated rings. The number of furan rings is 1. The standard InChI is InChI=1S/C16H14BrN3OS/c1-2-4-13-14(17)15-16(21-13)12(7-10(8-18)20-15)19-9-11-5-3-6-22-11/h3,5-7H,2,4,9H2,1H3,(H,19,20). The third kappa shape index (κ3) is 2.87. The van der Waals surface area contributed by atoms with Gasteiger partial charge >= 0.3 is 0 Å². The van der Waals surface area contributed by atoms with E-state index in [9.17, 15) is 5.26 Å². The Kier molecular flexibility index (Phi) is 4.46. The van der Waals surface area contributed by atoms with E-state index in [-0.39, 0.29) is 0 Å². The summed E-state index contributed by atoms with van der Waals surface area (Å²) in [5.74, 6) is 0.874. The second-order valence-corrected chi connectivity index (χ2v) is 6.69. The summed E-state index contributed by atoms with van der Waals surface area (Å²) in [7, 11) is 0. The summed E-state index contributed by atoms with van der Waals surface area (Å²) >= 11 is 5.24. The lowest BCUT2D eigenvalue weighted by Gasteiger charge is -2.05. The van der Waals surface area contributed by atoms with Crippen molar-refractivity contribution in [2.45, 2.75) is 26.3 Å². The molecule has 1 N–H and O–H groups in total. The van der Waals surface area contributed by atoms with Crippen LogP contribution in [-0.4, -0.2) is 4.98 Å². The van der Waals surface area contributed by atoms with Crippen LogP contribution in [0.3, 0.4) is 0 Å². The Labute approximate surface area is 140 Å². The number of rotatable bonds is 5. The van der Waals surface area contributed by atoms with Gasteiger partial charge in [0.15, 0.2) is 5.58 Å². The third-order valence-corrected chi connectivity index (χ3v) is 4.97. The number of halogens is 1. The largest absolute Gasteiger partial charge is 0.456 e. The smallest absolute Gasteiger partial charge is 0.177 e. The van der Waals surface area contributed by atoms with Crippen LogP contribution in [0.4, 0.5) is 5.69 Å². The van der Waals surface area contributed by atoms with Crippen molar-refractivity contribution in [2.24, 2.45) is 0 Å². The number of aryl methyl sites for hydroxylation is 1. The fourth-order valence-electron chi connectivity index (χ4n) is 2.26. The van der Waals surface area contributed by atoms with Crippen molar-refractivity contribution in [3.8, 4) is 6.07 Å². The Balaban J connectivity index is 2.03. The number of thiophene rings is 1. The summed E-state index contributed by atoms with van der Waals surface area (Å²) in [4.78, 5) is 5.59. The first-order valence-corrected chi connectivity index (χ1v) is 8.68. The number of fused-ring (bicyclic) bond motifs is 1. The van der Waals surface area contributed by atoms with E-state index in [4.69, 9.17) is 4.42 Å². The van der Waals surface area contributed by atoms with Gasteiger partial charge in [-0.1, -0.05) is 13.0 Å². The number of pyridine rings is 1. The quantitative estimate of drug-likeness (QED) is 0.674. The van der Waals surface area contributed by atoms with Gasteiger partial charge in [0.1, 0.15) is 23.0 Å². The SMILES string of the molecule is CCCc1oc2c(NCc3cccs3)cc(C#N)nc2c1Br. The van der Waals surface area contributed by atoms with Crippen molar-refractivity contribution in [3.05, 3.63) is 44.4 Å². The van der Waals surface area contributed by atoms with Gasteiger partial charge in [-0.05, 0) is 33.8 Å². The summed E-state index contributed by atoms with van der Waals surface area (Å²) < 4.78 is 6.81. The molecule has 0 aromatic carbocycles. The van der Waals surface area contributed by atoms with Crippen LogP contribution in [0.15, 0.2) is 32.5 Å². The van der Waals surface area contributed by atoms with Crippen LogP contribution in [0.2, 0.25) is 0 Å². The fourth-order valence-corrected chi connectivity index (χ4v) is 3.45. The predicted octanol–water partition coefficient (Wildman–Crippen LogP) is 5.09. The Morgan fingerprint density at radius 1 is 1.50 bits per heavy atom. The summed E-state index contributed by atoms with van der Waals surface area (Å²) in [5.41, 5.74) is 2.59. The summed E-state index contributed by atoms with van der Waals surface area (Å²) in [6.45, 7) is 2.80. The Hall–Kier alpha value is -1.84. The average Bonchev–Trinajstić information content (AvgIpc) is 3.15. The highest BCUT2D eigenvalue weighted by Gasteiger charge is 2.17. The van der Waals surface area contributed by atoms with E-state index in [1.54, 1.807) is 17.4 Å². The molecule has 0 unspecified atom stereocenters. The van der Waals surface area contributed by atoms with E-state index in [1.165, 1.54) is 4.88 Å². The molecule has 3 aromatic rings. The molecule has 0 saturated heterocycles. The maximum atomic E-state index is 9.19. The molecule has 0 saturated carbocycles. The van der Waals surface area contributed by atoms with Crippen LogP contribution in [0, 0.1) is 11.3 Å². The van der Waals surface area contributed by atoms with Gasteiger partial charge in [0.25, 0.3) is 0 Å². The lowest BCUT2D eigenvalue weighted by molar-refractivity contribution is 0.542. The van der Waals surface area contributed by atoms with Crippen molar-refractivity contribution in [2.75, 3.05) is 5.32 Å². The number of hydrogen-bond acceptors (Lipinski definition) is 5. The Morgan fingerprint density at radius 2 is 2.36 bits per heavy atom. The molecule has 6 heteroatoms. The van der Waals surface area contributed by atoms with Gasteiger partial charge in [0, 0.05) is 23.9 Å². The Bertz CT molecular complexity index is 833. The zero-order valence-corrected chi connectivity index (χ0v) is 14.4. The van der Waals surface area contributed by atoms with E-state index in [1.807, 2.05) is 11.4 Å². The molecule has 0 amide bonds. The minimum atomic E-state index is 0.380. The first kappa shape index (κ1) is 15.1. The van der Waals surface area contributed by atoms with Crippen molar-refractivity contribution in [1.29, 1.82) is 5.26 Å². The number of aromatic nitrogens is 1. The van der Waals surface area contributed by atoms with Crippen molar-refractivity contribution < 1.29 is 4.42 Å². The summed E-state index contributed by atoms with van der Waals surface area (Å²) in [6, 6.07) is 7.94. The van der Waals surface area contributed by atoms with Crippen LogP contribution >= 0.6 is 27.3 Å². The molecule has 22 heavy (non-hydrogen) atoms. The molecule has 3 heterocycles. The predicted molar refractivity (Wildman–Crippen MR) is 92.1 cm³/mol. The molecule has 0 aliphatic rings. The van der Waals surface area contributed by atoms with Crippen molar-refractivity contribution >= 4 is 44.1 Å². The van der Waals surface area contributed by atoms with Gasteiger partial charge in [-0.15, -0.1) is 11.3 Å². The highest BCUT2D eigenvalue weighted by atomic mass is 79.9. The molecule has 0 atom stereocenters. The van der Waals surface area contributed by atoms with Crippen molar-refractivity contribution in [3.63, 3.8) is 0 Å². The molecular formula is C16H14BrN3OS. The van der Waals surface area contributed by atoms with Gasteiger partial charge in [-0.3, -0.25) is 0 Å². The average molecular weight is 376 g/mol. The van der Waals surface area contributed by atoms with Gasteiger partial charge in [-0.2, -0.15) is 5.26 Å². The van der Waals surface area contributed by atoms with Gasteiger partial charge < -0.3 is 9.73 Å². The number of hydrogen-bond donors (Lipinski definition) is 1. The molecule has 0 radical (unpaired) electrons. The maximum Gasteiger partial charge on any atom is 0.177 e. The van der Waals surface area contributed by atoms with Gasteiger partial charge in [0.2, 0.25) is 0 Å². The van der Waals surface area contributed by atoms with E-state index in [2.05, 4.69) is 45.3 Å². The summed E-state index contributed by atoms with van der Waals surface area (Å²) in [5, 5.41) is 14.6. The zero-order chi connectivity index (χ0) is 15.5. The first-order valence-electron chi connectivity index (χ1n) is 7.01. The van der Waals surface area contributed by atoms with Gasteiger partial charge in [0.05, 0.1) is 10.2 Å². The molecule has 3 rings (SSSR count). The lowest BCUT2D eigenvalue weighted by Crippen LogP contribution is -1.99. The fraction of sp³-hybridized carbons (Fsp3) is 0.250. The molecule has 3 aromatic heterocycles. The van der Waals surface area contributed by atoms with Crippen LogP contribution < -0.4 is 5.32 Å². The lowest BCUT2D eigenvalue weighted by atomic mass is 10.2. The minimum Gasteiger partial charge on any atom is -0.456 e. The second kappa shape index (κ2) is 6.51. The normalized spacial score (nSPS) is 10.8. The van der Waals surface area contributed by atoms with Crippen LogP contribution in [0.1, 0.15) is 29.7 Å². The molecule has 0 aliphatic heterocycles. The highest BCUT2D eigenvalue weighted by Crippen LogP contribution is 2.35. The number of nitrogens with zero attached hydrogens (tertiary/aromatic N) is 2. The molecule has 4 nitrogen and oxygen atoms in total. The van der Waals surface area contributed by atoms with Crippen LogP contribution in [0.5, 0.6) is 0 Å². The number of nitriles is 1. The third-order valence-electron chi connectivity index (χ3n) is 3.28. The first-order chi connectivity index (χ1) is 10.7. The van der Waals surface area contributed by atoms with Crippen molar-refractivity contribution in [1.82, 2.24) is 4.98 Å². The van der Waals surface area contributed by atoms with E-state index < -0.39 is 0 Å². The second-order valence-electron chi connectivity index (χ2n) is 4.87. The zero-order valence-electron chi connectivity index (χ0n) is 12.0. The molecule has 112 valence electrons. The number of anilines is 1. The van der Waals surface area contributed by atoms with E-state index in [0.29, 0.717) is 23.3 Å². The van der Waals surface area contributed by atoms with E-state index >= 15 is 0 Å². The monoisotopic (exact) mass is 375 g/mol. The highest BCUT2D eigenvalue weighted by molar-refractivity contribution is 9.10. The maximum absolute atomic E-state index is 9.19. The Morgan fingerprint density at radius 3 is 3.05 bits per heavy atom. The molecule has 0 spiro atoms. The molecule has 0 bridgehead atoms. The van der Waals surface area contributed by atoms with E-state index in [0.717, 1.165) is 28.8 Å². The molecule has 0 aliphatic carbocycles. The minimum absolute atomic E-state index is 0.380. The van der Waals surface area contributed by atoms with Gasteiger partial charge in [-0.25, -0.2) is 4.98 Å². The molecular weight excluding hydrogens is 362 g/mol. The number of nitrogens with one attached hydrogen (secondary N) is 1. The topological polar surface area (TPSA) is 61.9 Å². The van der Waals surface area contributed by atoms with Crippen LogP contribution in [-0.2, 0) is 13.0 Å². The summed E-state index contributed by atoms with van der Waals surface area (Å²) in [6.07, 6.45) is 1.82.